The van der Waals surface area contributed by atoms with Crippen LogP contribution in [0.25, 0.3) is 0 Å². The smallest absolute Gasteiger partial charge is 0.159 e. The molecule has 2 atom stereocenters. The molecule has 1 aromatic rings. The van der Waals surface area contributed by atoms with Crippen LogP contribution < -0.4 is 0 Å². The Morgan fingerprint density at radius 1 is 1.33 bits per heavy atom. The third-order valence-electron chi connectivity index (χ3n) is 3.59. The normalized spacial score (nSPS) is 28.7. The predicted octanol–water partition coefficient (Wildman–Crippen LogP) is 2.99. The minimum Gasteiger partial charge on any atom is -0.385 e. The van der Waals surface area contributed by atoms with Crippen LogP contribution in [0.5, 0.6) is 0 Å². The SMILES string of the molecule is CC(C)C1CC(O)(c2ccc(F)c(F)c2)CCO1. The lowest BCUT2D eigenvalue weighted by molar-refractivity contribution is -0.121. The summed E-state index contributed by atoms with van der Waals surface area (Å²) in [5.74, 6) is -1.54. The van der Waals surface area contributed by atoms with Crippen LogP contribution >= 0.6 is 0 Å². The standard InChI is InChI=1S/C14H18F2O2/c1-9(2)13-8-14(17,5-6-18-13)10-3-4-11(15)12(16)7-10/h3-4,7,9,13,17H,5-6,8H2,1-2H3. The lowest BCUT2D eigenvalue weighted by Gasteiger charge is -2.39. The largest absolute Gasteiger partial charge is 0.385 e. The highest BCUT2D eigenvalue weighted by Gasteiger charge is 2.38. The second-order valence-corrected chi connectivity index (χ2v) is 5.27. The van der Waals surface area contributed by atoms with Crippen LogP contribution in [0.2, 0.25) is 0 Å². The first kappa shape index (κ1) is 13.4. The van der Waals surface area contributed by atoms with Gasteiger partial charge in [-0.25, -0.2) is 8.78 Å². The van der Waals surface area contributed by atoms with Gasteiger partial charge < -0.3 is 9.84 Å². The fourth-order valence-corrected chi connectivity index (χ4v) is 2.35. The van der Waals surface area contributed by atoms with Crippen LogP contribution in [0.4, 0.5) is 8.78 Å². The fourth-order valence-electron chi connectivity index (χ4n) is 2.35. The Bertz CT molecular complexity index is 434. The summed E-state index contributed by atoms with van der Waals surface area (Å²) in [4.78, 5) is 0. The molecule has 0 aromatic heterocycles. The van der Waals surface area contributed by atoms with Crippen LogP contribution in [-0.4, -0.2) is 17.8 Å². The van der Waals surface area contributed by atoms with E-state index in [2.05, 4.69) is 0 Å². The Morgan fingerprint density at radius 2 is 2.06 bits per heavy atom. The van der Waals surface area contributed by atoms with Crippen molar-refractivity contribution >= 4 is 0 Å². The van der Waals surface area contributed by atoms with E-state index in [1.165, 1.54) is 6.07 Å². The monoisotopic (exact) mass is 256 g/mol. The third-order valence-corrected chi connectivity index (χ3v) is 3.59. The topological polar surface area (TPSA) is 29.5 Å². The van der Waals surface area contributed by atoms with Gasteiger partial charge in [-0.15, -0.1) is 0 Å². The summed E-state index contributed by atoms with van der Waals surface area (Å²) in [6.07, 6.45) is 0.758. The van der Waals surface area contributed by atoms with Crippen molar-refractivity contribution in [2.75, 3.05) is 6.61 Å². The number of halogens is 2. The molecule has 1 fully saturated rings. The van der Waals surface area contributed by atoms with Gasteiger partial charge in [-0.3, -0.25) is 0 Å². The summed E-state index contributed by atoms with van der Waals surface area (Å²) in [5.41, 5.74) is -0.697. The molecule has 2 unspecified atom stereocenters. The third kappa shape index (κ3) is 2.54. The second-order valence-electron chi connectivity index (χ2n) is 5.27. The molecule has 0 bridgehead atoms. The fraction of sp³-hybridized carbons (Fsp3) is 0.571. The summed E-state index contributed by atoms with van der Waals surface area (Å²) in [6, 6.07) is 3.58. The number of rotatable bonds is 2. The van der Waals surface area contributed by atoms with Gasteiger partial charge in [0.05, 0.1) is 18.3 Å². The van der Waals surface area contributed by atoms with Gasteiger partial charge in [0.25, 0.3) is 0 Å². The minimum absolute atomic E-state index is 0.0585. The molecule has 100 valence electrons. The first-order chi connectivity index (χ1) is 8.42. The molecule has 1 aromatic carbocycles. The number of ether oxygens (including phenoxy) is 1. The average molecular weight is 256 g/mol. The molecule has 4 heteroatoms. The second kappa shape index (κ2) is 4.94. The summed E-state index contributed by atoms with van der Waals surface area (Å²) in [7, 11) is 0. The van der Waals surface area contributed by atoms with E-state index in [9.17, 15) is 13.9 Å². The van der Waals surface area contributed by atoms with Gasteiger partial charge in [0.15, 0.2) is 11.6 Å². The summed E-state index contributed by atoms with van der Waals surface area (Å²) < 4.78 is 31.7. The molecule has 2 nitrogen and oxygen atoms in total. The highest BCUT2D eigenvalue weighted by molar-refractivity contribution is 5.25. The Kier molecular flexibility index (Phi) is 3.69. The number of hydrogen-bond donors (Lipinski definition) is 1. The van der Waals surface area contributed by atoms with Crippen LogP contribution in [0.1, 0.15) is 32.3 Å². The average Bonchev–Trinajstić information content (AvgIpc) is 2.32. The molecule has 1 aliphatic rings. The molecule has 0 radical (unpaired) electrons. The molecular formula is C14H18F2O2. The van der Waals surface area contributed by atoms with Crippen molar-refractivity contribution < 1.29 is 18.6 Å². The van der Waals surface area contributed by atoms with Gasteiger partial charge in [-0.2, -0.15) is 0 Å². The van der Waals surface area contributed by atoms with Gasteiger partial charge in [0, 0.05) is 12.8 Å². The lowest BCUT2D eigenvalue weighted by Crippen LogP contribution is -2.40. The molecule has 1 aliphatic heterocycles. The predicted molar refractivity (Wildman–Crippen MR) is 64.1 cm³/mol. The van der Waals surface area contributed by atoms with Gasteiger partial charge in [0.2, 0.25) is 0 Å². The highest BCUT2D eigenvalue weighted by atomic mass is 19.2. The zero-order valence-corrected chi connectivity index (χ0v) is 10.6. The van der Waals surface area contributed by atoms with E-state index in [-0.39, 0.29) is 12.0 Å². The van der Waals surface area contributed by atoms with Crippen LogP contribution in [-0.2, 0) is 10.3 Å². The first-order valence-corrected chi connectivity index (χ1v) is 6.22. The maximum Gasteiger partial charge on any atom is 0.159 e. The van der Waals surface area contributed by atoms with E-state index < -0.39 is 17.2 Å². The Hall–Kier alpha value is -1.00. The molecule has 1 heterocycles. The van der Waals surface area contributed by atoms with Gasteiger partial charge >= 0.3 is 0 Å². The Labute approximate surface area is 106 Å². The van der Waals surface area contributed by atoms with Crippen LogP contribution in [0, 0.1) is 17.6 Å². The summed E-state index contributed by atoms with van der Waals surface area (Å²) in [5, 5.41) is 10.6. The van der Waals surface area contributed by atoms with E-state index in [1.54, 1.807) is 0 Å². The summed E-state index contributed by atoms with van der Waals surface area (Å²) in [6.45, 7) is 4.46. The number of benzene rings is 1. The lowest BCUT2D eigenvalue weighted by atomic mass is 9.81. The minimum atomic E-state index is -1.12. The van der Waals surface area contributed by atoms with Crippen LogP contribution in [0.15, 0.2) is 18.2 Å². The zero-order valence-electron chi connectivity index (χ0n) is 10.6. The van der Waals surface area contributed by atoms with Crippen molar-refractivity contribution in [2.45, 2.75) is 38.4 Å². The molecular weight excluding hydrogens is 238 g/mol. The molecule has 1 N–H and O–H groups in total. The van der Waals surface area contributed by atoms with Gasteiger partial charge in [-0.1, -0.05) is 19.9 Å². The Morgan fingerprint density at radius 3 is 2.67 bits per heavy atom. The van der Waals surface area contributed by atoms with Gasteiger partial charge in [-0.05, 0) is 23.6 Å². The van der Waals surface area contributed by atoms with E-state index in [0.29, 0.717) is 25.0 Å². The van der Waals surface area contributed by atoms with Crippen molar-refractivity contribution in [1.29, 1.82) is 0 Å². The Balaban J connectivity index is 2.26. The van der Waals surface area contributed by atoms with E-state index in [4.69, 9.17) is 4.74 Å². The van der Waals surface area contributed by atoms with E-state index >= 15 is 0 Å². The van der Waals surface area contributed by atoms with E-state index in [1.807, 2.05) is 13.8 Å². The molecule has 2 rings (SSSR count). The van der Waals surface area contributed by atoms with Crippen molar-refractivity contribution in [2.24, 2.45) is 5.92 Å². The number of aliphatic hydroxyl groups is 1. The van der Waals surface area contributed by atoms with Crippen LogP contribution in [0.3, 0.4) is 0 Å². The maximum absolute atomic E-state index is 13.2. The van der Waals surface area contributed by atoms with Gasteiger partial charge in [0.1, 0.15) is 0 Å². The van der Waals surface area contributed by atoms with Crippen molar-refractivity contribution in [3.8, 4) is 0 Å². The zero-order chi connectivity index (χ0) is 13.3. The molecule has 1 saturated heterocycles. The molecule has 18 heavy (non-hydrogen) atoms. The number of hydrogen-bond acceptors (Lipinski definition) is 2. The van der Waals surface area contributed by atoms with Crippen molar-refractivity contribution in [1.82, 2.24) is 0 Å². The molecule has 0 saturated carbocycles. The first-order valence-electron chi connectivity index (χ1n) is 6.22. The highest BCUT2D eigenvalue weighted by Crippen LogP contribution is 2.37. The van der Waals surface area contributed by atoms with E-state index in [0.717, 1.165) is 12.1 Å². The molecule has 0 spiro atoms. The maximum atomic E-state index is 13.2. The molecule has 0 aliphatic carbocycles. The van der Waals surface area contributed by atoms with Crippen molar-refractivity contribution in [3.63, 3.8) is 0 Å². The summed E-state index contributed by atoms with van der Waals surface area (Å²) >= 11 is 0. The molecule has 0 amide bonds. The quantitative estimate of drug-likeness (QED) is 0.881. The van der Waals surface area contributed by atoms with Crippen molar-refractivity contribution in [3.05, 3.63) is 35.4 Å².